The van der Waals surface area contributed by atoms with Crippen molar-refractivity contribution in [2.24, 2.45) is 0 Å². The van der Waals surface area contributed by atoms with Gasteiger partial charge in [-0.25, -0.2) is 4.79 Å². The molecule has 3 aliphatic heterocycles. The first-order chi connectivity index (χ1) is 20.3. The second-order valence-corrected chi connectivity index (χ2v) is 11.9. The number of piperazine rings is 1. The molecule has 0 spiro atoms. The van der Waals surface area contributed by atoms with Crippen molar-refractivity contribution in [2.45, 2.75) is 31.2 Å². The maximum atomic E-state index is 14.0. The Bertz CT molecular complexity index is 1490. The molecule has 2 unspecified atom stereocenters. The van der Waals surface area contributed by atoms with Crippen LogP contribution in [0.2, 0.25) is 5.02 Å². The highest BCUT2D eigenvalue weighted by Crippen LogP contribution is 2.34. The fraction of sp³-hybridized carbons (Fsp3) is 0.323. The molecule has 3 atom stereocenters. The zero-order valence-corrected chi connectivity index (χ0v) is 25.3. The zero-order chi connectivity index (χ0) is 29.4. The second kappa shape index (κ2) is 11.9. The third kappa shape index (κ3) is 5.58. The van der Waals surface area contributed by atoms with E-state index in [1.807, 2.05) is 37.3 Å². The van der Waals surface area contributed by atoms with Crippen molar-refractivity contribution in [2.75, 3.05) is 37.7 Å². The Kier molecular flexibility index (Phi) is 8.11. The van der Waals surface area contributed by atoms with Crippen molar-refractivity contribution in [3.05, 3.63) is 93.4 Å². The number of rotatable bonds is 7. The number of hydrogen-bond donors (Lipinski definition) is 1. The van der Waals surface area contributed by atoms with E-state index in [4.69, 9.17) is 21.1 Å². The predicted molar refractivity (Wildman–Crippen MR) is 162 cm³/mol. The van der Waals surface area contributed by atoms with Crippen LogP contribution in [0.1, 0.15) is 28.9 Å². The van der Waals surface area contributed by atoms with Gasteiger partial charge in [0.05, 0.1) is 30.3 Å². The van der Waals surface area contributed by atoms with Gasteiger partial charge in [-0.3, -0.25) is 14.5 Å². The molecule has 3 aliphatic rings. The van der Waals surface area contributed by atoms with Crippen LogP contribution in [0.4, 0.5) is 10.5 Å². The largest absolute Gasteiger partial charge is 0.486 e. The Morgan fingerprint density at radius 2 is 1.79 bits per heavy atom. The number of benzene rings is 3. The van der Waals surface area contributed by atoms with E-state index in [2.05, 4.69) is 21.2 Å². The first-order valence-electron chi connectivity index (χ1n) is 13.8. The highest BCUT2D eigenvalue weighted by atomic mass is 79.9. The number of ether oxygens (including phenoxy) is 2. The molecule has 0 aromatic heterocycles. The first kappa shape index (κ1) is 28.5. The lowest BCUT2D eigenvalue weighted by molar-refractivity contribution is -0.123. The highest BCUT2D eigenvalue weighted by Gasteiger charge is 2.52. The minimum absolute atomic E-state index is 0.0142. The number of anilines is 1. The van der Waals surface area contributed by atoms with E-state index in [0.717, 1.165) is 5.56 Å². The van der Waals surface area contributed by atoms with Gasteiger partial charge < -0.3 is 24.6 Å². The monoisotopic (exact) mass is 652 g/mol. The minimum Gasteiger partial charge on any atom is -0.486 e. The van der Waals surface area contributed by atoms with E-state index in [0.29, 0.717) is 52.8 Å². The molecule has 3 aromatic rings. The summed E-state index contributed by atoms with van der Waals surface area (Å²) in [7, 11) is 0. The number of urea groups is 1. The van der Waals surface area contributed by atoms with E-state index < -0.39 is 12.1 Å². The molecule has 42 heavy (non-hydrogen) atoms. The average molecular weight is 654 g/mol. The summed E-state index contributed by atoms with van der Waals surface area (Å²) in [6, 6.07) is 19.9. The molecule has 0 aliphatic carbocycles. The molecule has 0 radical (unpaired) electrons. The van der Waals surface area contributed by atoms with Crippen LogP contribution in [0, 0.1) is 0 Å². The summed E-state index contributed by atoms with van der Waals surface area (Å²) in [5.74, 6) is 0.174. The standard InChI is InChI=1S/C31H30BrClN4O5/c1-19(20-5-3-2-4-6-20)34-29(38)28-27-16-35(30(39)21-7-12-25(32)26(33)15-21)13-14-36(27)31(40)37(28)22-8-10-23(11-9-22)42-24-17-41-18-24/h2-12,15,19,24,27-28H,13-14,16-18H2,1H3,(H,34,38)/t19-,27?,28?/m1/s1. The first-order valence-corrected chi connectivity index (χ1v) is 15.0. The number of amides is 4. The third-order valence-corrected chi connectivity index (χ3v) is 9.15. The Labute approximate surface area is 257 Å². The molecule has 6 rings (SSSR count). The van der Waals surface area contributed by atoms with Crippen molar-refractivity contribution in [1.82, 2.24) is 15.1 Å². The van der Waals surface area contributed by atoms with E-state index in [1.54, 1.807) is 57.2 Å². The predicted octanol–water partition coefficient (Wildman–Crippen LogP) is 4.89. The Hall–Kier alpha value is -3.60. The van der Waals surface area contributed by atoms with Gasteiger partial charge in [0.2, 0.25) is 5.91 Å². The van der Waals surface area contributed by atoms with Crippen molar-refractivity contribution in [1.29, 1.82) is 0 Å². The Balaban J connectivity index is 1.28. The second-order valence-electron chi connectivity index (χ2n) is 10.7. The van der Waals surface area contributed by atoms with Crippen LogP contribution in [0.5, 0.6) is 5.75 Å². The number of nitrogens with one attached hydrogen (secondary N) is 1. The number of nitrogens with zero attached hydrogens (tertiary/aromatic N) is 3. The molecule has 11 heteroatoms. The van der Waals surface area contributed by atoms with Crippen LogP contribution < -0.4 is 15.0 Å². The molecule has 1 N–H and O–H groups in total. The zero-order valence-electron chi connectivity index (χ0n) is 22.9. The molecule has 0 saturated carbocycles. The lowest BCUT2D eigenvalue weighted by Crippen LogP contribution is -2.58. The third-order valence-electron chi connectivity index (χ3n) is 7.92. The van der Waals surface area contributed by atoms with Gasteiger partial charge in [0.1, 0.15) is 17.9 Å². The van der Waals surface area contributed by atoms with Gasteiger partial charge in [-0.15, -0.1) is 0 Å². The van der Waals surface area contributed by atoms with Crippen LogP contribution in [0.25, 0.3) is 0 Å². The van der Waals surface area contributed by atoms with Gasteiger partial charge >= 0.3 is 6.03 Å². The summed E-state index contributed by atoms with van der Waals surface area (Å²) >= 11 is 9.63. The van der Waals surface area contributed by atoms with Gasteiger partial charge in [-0.05, 0) is 70.9 Å². The van der Waals surface area contributed by atoms with E-state index in [-0.39, 0.29) is 36.5 Å². The normalized spacial score (nSPS) is 21.0. The molecule has 4 amide bonds. The lowest BCUT2D eigenvalue weighted by Gasteiger charge is -2.38. The molecule has 3 saturated heterocycles. The van der Waals surface area contributed by atoms with Crippen molar-refractivity contribution >= 4 is 51.1 Å². The summed E-state index contributed by atoms with van der Waals surface area (Å²) in [6.45, 7) is 3.86. The molecule has 3 fully saturated rings. The van der Waals surface area contributed by atoms with Gasteiger partial charge in [0.25, 0.3) is 5.91 Å². The number of carbonyl (C=O) groups excluding carboxylic acids is 3. The molecule has 218 valence electrons. The quantitative estimate of drug-likeness (QED) is 0.392. The summed E-state index contributed by atoms with van der Waals surface area (Å²) in [6.07, 6.45) is 0.0142. The lowest BCUT2D eigenvalue weighted by atomic mass is 10.0. The van der Waals surface area contributed by atoms with Gasteiger partial charge in [0, 0.05) is 35.4 Å². The van der Waals surface area contributed by atoms with Crippen molar-refractivity contribution in [3.8, 4) is 5.75 Å². The highest BCUT2D eigenvalue weighted by molar-refractivity contribution is 9.10. The Morgan fingerprint density at radius 1 is 1.05 bits per heavy atom. The van der Waals surface area contributed by atoms with Gasteiger partial charge in [-0.2, -0.15) is 0 Å². The van der Waals surface area contributed by atoms with E-state index in [1.165, 1.54) is 0 Å². The van der Waals surface area contributed by atoms with Crippen LogP contribution in [0.3, 0.4) is 0 Å². The summed E-state index contributed by atoms with van der Waals surface area (Å²) in [5.41, 5.74) is 1.98. The molecular weight excluding hydrogens is 624 g/mol. The minimum atomic E-state index is -0.862. The summed E-state index contributed by atoms with van der Waals surface area (Å²) in [5, 5.41) is 3.55. The van der Waals surface area contributed by atoms with Crippen LogP contribution in [-0.2, 0) is 9.53 Å². The smallest absolute Gasteiger partial charge is 0.325 e. The molecule has 3 heterocycles. The van der Waals surface area contributed by atoms with E-state index >= 15 is 0 Å². The maximum Gasteiger partial charge on any atom is 0.325 e. The SMILES string of the molecule is C[C@@H](NC(=O)C1C2CN(C(=O)c3ccc(Br)c(Cl)c3)CCN2C(=O)N1c1ccc(OC2COC2)cc1)c1ccccc1. The summed E-state index contributed by atoms with van der Waals surface area (Å²) < 4.78 is 11.8. The van der Waals surface area contributed by atoms with Crippen molar-refractivity contribution < 1.29 is 23.9 Å². The number of carbonyl (C=O) groups is 3. The fourth-order valence-corrected chi connectivity index (χ4v) is 6.02. The number of halogens is 2. The number of hydrogen-bond acceptors (Lipinski definition) is 5. The summed E-state index contributed by atoms with van der Waals surface area (Å²) in [4.78, 5) is 46.3. The van der Waals surface area contributed by atoms with E-state index in [9.17, 15) is 14.4 Å². The van der Waals surface area contributed by atoms with Crippen LogP contribution in [0.15, 0.2) is 77.3 Å². The van der Waals surface area contributed by atoms with Crippen LogP contribution in [-0.4, -0.2) is 78.7 Å². The van der Waals surface area contributed by atoms with Crippen LogP contribution >= 0.6 is 27.5 Å². The van der Waals surface area contributed by atoms with Gasteiger partial charge in [-0.1, -0.05) is 41.9 Å². The molecule has 0 bridgehead atoms. The Morgan fingerprint density at radius 3 is 2.45 bits per heavy atom. The molecule has 3 aromatic carbocycles. The topological polar surface area (TPSA) is 91.4 Å². The number of fused-ring (bicyclic) bond motifs is 1. The average Bonchev–Trinajstić information content (AvgIpc) is 3.28. The fourth-order valence-electron chi connectivity index (χ4n) is 5.59. The van der Waals surface area contributed by atoms with Crippen molar-refractivity contribution in [3.63, 3.8) is 0 Å². The molecule has 9 nitrogen and oxygen atoms in total. The maximum absolute atomic E-state index is 14.0. The van der Waals surface area contributed by atoms with Gasteiger partial charge in [0.15, 0.2) is 0 Å². The molecular formula is C31H30BrClN4O5.